The zero-order valence-corrected chi connectivity index (χ0v) is 13.3. The van der Waals surface area contributed by atoms with Crippen LogP contribution >= 0.6 is 0 Å². The van der Waals surface area contributed by atoms with Crippen molar-refractivity contribution >= 4 is 5.97 Å². The third kappa shape index (κ3) is 4.34. The first kappa shape index (κ1) is 15.6. The molecule has 0 aromatic rings. The van der Waals surface area contributed by atoms with Crippen LogP contribution in [-0.2, 0) is 9.53 Å². The zero-order chi connectivity index (χ0) is 14.5. The maximum absolute atomic E-state index is 12.0. The molecule has 2 rings (SSSR count). The van der Waals surface area contributed by atoms with Gasteiger partial charge in [-0.15, -0.1) is 0 Å². The number of rotatable bonds is 4. The van der Waals surface area contributed by atoms with E-state index in [1.807, 2.05) is 0 Å². The minimum absolute atomic E-state index is 0.00687. The zero-order valence-electron chi connectivity index (χ0n) is 13.3. The SMILES string of the molecule is CC1=C[C@@H](C)[C@H](COC(=O)C[NH+]2CCCCC2)[C@@H](C)C1. The van der Waals surface area contributed by atoms with E-state index in [0.717, 1.165) is 19.5 Å². The predicted molar refractivity (Wildman–Crippen MR) is 80.6 cm³/mol. The number of quaternary nitrogens is 1. The Morgan fingerprint density at radius 1 is 1.30 bits per heavy atom. The maximum atomic E-state index is 12.0. The summed E-state index contributed by atoms with van der Waals surface area (Å²) in [5, 5.41) is 0. The summed E-state index contributed by atoms with van der Waals surface area (Å²) < 4.78 is 5.57. The summed E-state index contributed by atoms with van der Waals surface area (Å²) in [6.07, 6.45) is 7.31. The summed E-state index contributed by atoms with van der Waals surface area (Å²) in [7, 11) is 0. The van der Waals surface area contributed by atoms with E-state index in [4.69, 9.17) is 4.74 Å². The largest absolute Gasteiger partial charge is 0.461 e. The molecule has 0 spiro atoms. The second-order valence-corrected chi connectivity index (χ2v) is 6.89. The number of nitrogens with one attached hydrogen (secondary N) is 1. The Morgan fingerprint density at radius 3 is 2.65 bits per heavy atom. The fraction of sp³-hybridized carbons (Fsp3) is 0.824. The molecule has 1 heterocycles. The van der Waals surface area contributed by atoms with Gasteiger partial charge in [0.25, 0.3) is 0 Å². The average Bonchev–Trinajstić information content (AvgIpc) is 2.38. The van der Waals surface area contributed by atoms with Crippen molar-refractivity contribution in [3.8, 4) is 0 Å². The van der Waals surface area contributed by atoms with Gasteiger partial charge in [-0.05, 0) is 44.4 Å². The first-order chi connectivity index (χ1) is 9.56. The van der Waals surface area contributed by atoms with E-state index in [-0.39, 0.29) is 5.97 Å². The van der Waals surface area contributed by atoms with Crippen LogP contribution in [0.15, 0.2) is 11.6 Å². The molecule has 3 nitrogen and oxygen atoms in total. The van der Waals surface area contributed by atoms with Crippen LogP contribution < -0.4 is 4.90 Å². The average molecular weight is 280 g/mol. The lowest BCUT2D eigenvalue weighted by molar-refractivity contribution is -0.897. The fourth-order valence-corrected chi connectivity index (χ4v) is 3.81. The van der Waals surface area contributed by atoms with E-state index < -0.39 is 0 Å². The van der Waals surface area contributed by atoms with Crippen molar-refractivity contribution in [3.05, 3.63) is 11.6 Å². The minimum Gasteiger partial charge on any atom is -0.461 e. The van der Waals surface area contributed by atoms with Crippen LogP contribution in [0.3, 0.4) is 0 Å². The molecule has 1 aliphatic carbocycles. The van der Waals surface area contributed by atoms with E-state index in [1.54, 1.807) is 0 Å². The van der Waals surface area contributed by atoms with Crippen molar-refractivity contribution in [1.29, 1.82) is 0 Å². The van der Waals surface area contributed by atoms with Crippen molar-refractivity contribution in [1.82, 2.24) is 0 Å². The number of piperidine rings is 1. The monoisotopic (exact) mass is 280 g/mol. The molecule has 2 aliphatic rings. The van der Waals surface area contributed by atoms with E-state index in [0.29, 0.717) is 30.9 Å². The Hall–Kier alpha value is -0.830. The van der Waals surface area contributed by atoms with E-state index in [2.05, 4.69) is 26.8 Å². The van der Waals surface area contributed by atoms with Crippen LogP contribution in [0.5, 0.6) is 0 Å². The predicted octanol–water partition coefficient (Wildman–Crippen LogP) is 1.84. The molecule has 0 bridgehead atoms. The van der Waals surface area contributed by atoms with Gasteiger partial charge in [-0.2, -0.15) is 0 Å². The Kier molecular flexibility index (Phi) is 5.64. The Morgan fingerprint density at radius 2 is 2.00 bits per heavy atom. The molecule has 20 heavy (non-hydrogen) atoms. The standard InChI is InChI=1S/C17H29NO2/c1-13-9-14(2)16(15(3)10-13)12-20-17(19)11-18-7-5-4-6-8-18/h9,14-16H,4-8,10-12H2,1-3H3/p+1/t14-,15+,16+/m1/s1. The Labute approximate surface area is 123 Å². The molecule has 0 aromatic carbocycles. The van der Waals surface area contributed by atoms with Crippen molar-refractivity contribution < 1.29 is 14.4 Å². The molecular weight excluding hydrogens is 250 g/mol. The summed E-state index contributed by atoms with van der Waals surface area (Å²) in [5.74, 6) is 1.62. The van der Waals surface area contributed by atoms with Crippen LogP contribution in [-0.4, -0.2) is 32.2 Å². The number of likely N-dealkylation sites (tertiary alicyclic amines) is 1. The van der Waals surface area contributed by atoms with E-state index >= 15 is 0 Å². The van der Waals surface area contributed by atoms with Crippen molar-refractivity contribution in [2.24, 2.45) is 17.8 Å². The van der Waals surface area contributed by atoms with Gasteiger partial charge in [-0.1, -0.05) is 25.5 Å². The van der Waals surface area contributed by atoms with Crippen molar-refractivity contribution in [2.45, 2.75) is 46.5 Å². The summed E-state index contributed by atoms with van der Waals surface area (Å²) in [4.78, 5) is 13.4. The molecule has 0 amide bonds. The van der Waals surface area contributed by atoms with Crippen LogP contribution in [0.1, 0.15) is 46.5 Å². The number of ether oxygens (including phenoxy) is 1. The van der Waals surface area contributed by atoms with Crippen LogP contribution in [0.2, 0.25) is 0 Å². The first-order valence-corrected chi connectivity index (χ1v) is 8.22. The lowest BCUT2D eigenvalue weighted by Crippen LogP contribution is -3.13. The molecule has 1 fully saturated rings. The second kappa shape index (κ2) is 7.26. The van der Waals surface area contributed by atoms with E-state index in [1.165, 1.54) is 29.7 Å². The number of hydrogen-bond acceptors (Lipinski definition) is 2. The summed E-state index contributed by atoms with van der Waals surface area (Å²) in [5.41, 5.74) is 1.48. The van der Waals surface area contributed by atoms with Gasteiger partial charge in [-0.3, -0.25) is 0 Å². The Bertz CT molecular complexity index is 358. The first-order valence-electron chi connectivity index (χ1n) is 8.22. The molecule has 0 saturated carbocycles. The van der Waals surface area contributed by atoms with Gasteiger partial charge >= 0.3 is 5.97 Å². The Balaban J connectivity index is 1.75. The van der Waals surface area contributed by atoms with Gasteiger partial charge in [0.05, 0.1) is 19.7 Å². The molecule has 0 unspecified atom stereocenters. The van der Waals surface area contributed by atoms with Gasteiger partial charge in [-0.25, -0.2) is 4.79 Å². The molecule has 114 valence electrons. The second-order valence-electron chi connectivity index (χ2n) is 6.89. The molecule has 0 aromatic heterocycles. The van der Waals surface area contributed by atoms with Gasteiger partial charge in [0.15, 0.2) is 6.54 Å². The van der Waals surface area contributed by atoms with Crippen LogP contribution in [0.4, 0.5) is 0 Å². The fourth-order valence-electron chi connectivity index (χ4n) is 3.81. The quantitative estimate of drug-likeness (QED) is 0.629. The summed E-state index contributed by atoms with van der Waals surface area (Å²) >= 11 is 0. The van der Waals surface area contributed by atoms with E-state index in [9.17, 15) is 4.79 Å². The highest BCUT2D eigenvalue weighted by Gasteiger charge is 2.28. The van der Waals surface area contributed by atoms with Crippen molar-refractivity contribution in [2.75, 3.05) is 26.2 Å². The molecular formula is C17H30NO2+. The molecule has 1 N–H and O–H groups in total. The smallest absolute Gasteiger partial charge is 0.361 e. The number of allylic oxidation sites excluding steroid dienone is 2. The highest BCUT2D eigenvalue weighted by Crippen LogP contribution is 2.33. The number of carbonyl (C=O) groups is 1. The number of esters is 1. The minimum atomic E-state index is -0.00687. The maximum Gasteiger partial charge on any atom is 0.361 e. The molecule has 0 radical (unpaired) electrons. The molecule has 1 saturated heterocycles. The summed E-state index contributed by atoms with van der Waals surface area (Å²) in [6, 6.07) is 0. The van der Waals surface area contributed by atoms with Gasteiger partial charge < -0.3 is 9.64 Å². The van der Waals surface area contributed by atoms with Crippen molar-refractivity contribution in [3.63, 3.8) is 0 Å². The lowest BCUT2D eigenvalue weighted by Gasteiger charge is -2.32. The van der Waals surface area contributed by atoms with Crippen LogP contribution in [0.25, 0.3) is 0 Å². The van der Waals surface area contributed by atoms with Gasteiger partial charge in [0.2, 0.25) is 0 Å². The van der Waals surface area contributed by atoms with Gasteiger partial charge in [0.1, 0.15) is 0 Å². The third-order valence-corrected chi connectivity index (χ3v) is 4.99. The van der Waals surface area contributed by atoms with Crippen LogP contribution in [0, 0.1) is 17.8 Å². The van der Waals surface area contributed by atoms with Gasteiger partial charge in [0, 0.05) is 5.92 Å². The highest BCUT2D eigenvalue weighted by molar-refractivity contribution is 5.70. The summed E-state index contributed by atoms with van der Waals surface area (Å²) in [6.45, 7) is 10.1. The number of carbonyl (C=O) groups excluding carboxylic acids is 1. The number of hydrogen-bond donors (Lipinski definition) is 1. The third-order valence-electron chi connectivity index (χ3n) is 4.99. The topological polar surface area (TPSA) is 30.7 Å². The molecule has 3 atom stereocenters. The lowest BCUT2D eigenvalue weighted by atomic mass is 9.75. The normalized spacial score (nSPS) is 31.8. The molecule has 3 heteroatoms. The highest BCUT2D eigenvalue weighted by atomic mass is 16.5. The molecule has 1 aliphatic heterocycles.